The fourth-order valence-corrected chi connectivity index (χ4v) is 1.68. The lowest BCUT2D eigenvalue weighted by Gasteiger charge is -2.27. The third-order valence-corrected chi connectivity index (χ3v) is 2.57. The van der Waals surface area contributed by atoms with Crippen molar-refractivity contribution in [3.05, 3.63) is 0 Å². The first kappa shape index (κ1) is 11.5. The van der Waals surface area contributed by atoms with E-state index in [0.29, 0.717) is 12.0 Å². The standard InChI is InChI=1S/C10H20N2O2/c1-7-5-9(3-4-14-7)6-12-10(13)8(2)11/h7-9H,3-6,11H2,1-2H3,(H,12,13). The molecule has 0 saturated carbocycles. The summed E-state index contributed by atoms with van der Waals surface area (Å²) >= 11 is 0. The van der Waals surface area contributed by atoms with Gasteiger partial charge in [-0.1, -0.05) is 0 Å². The highest BCUT2D eigenvalue weighted by molar-refractivity contribution is 5.80. The number of carbonyl (C=O) groups excluding carboxylic acids is 1. The second-order valence-electron chi connectivity index (χ2n) is 4.11. The van der Waals surface area contributed by atoms with Crippen LogP contribution in [0.15, 0.2) is 0 Å². The van der Waals surface area contributed by atoms with Crippen molar-refractivity contribution in [2.45, 2.75) is 38.8 Å². The summed E-state index contributed by atoms with van der Waals surface area (Å²) in [6.45, 7) is 5.30. The third kappa shape index (κ3) is 3.64. The highest BCUT2D eigenvalue weighted by Gasteiger charge is 2.20. The Morgan fingerprint density at radius 2 is 2.43 bits per heavy atom. The van der Waals surface area contributed by atoms with Crippen molar-refractivity contribution in [2.75, 3.05) is 13.2 Å². The van der Waals surface area contributed by atoms with Crippen molar-refractivity contribution in [2.24, 2.45) is 11.7 Å². The van der Waals surface area contributed by atoms with E-state index in [2.05, 4.69) is 12.2 Å². The first-order chi connectivity index (χ1) is 6.59. The van der Waals surface area contributed by atoms with Crippen molar-refractivity contribution < 1.29 is 9.53 Å². The highest BCUT2D eigenvalue weighted by Crippen LogP contribution is 2.18. The molecule has 1 fully saturated rings. The van der Waals surface area contributed by atoms with Crippen LogP contribution in [0.4, 0.5) is 0 Å². The molecule has 4 heteroatoms. The molecule has 0 spiro atoms. The van der Waals surface area contributed by atoms with Gasteiger partial charge in [-0.2, -0.15) is 0 Å². The van der Waals surface area contributed by atoms with Crippen LogP contribution < -0.4 is 11.1 Å². The number of carbonyl (C=O) groups is 1. The molecule has 0 aliphatic carbocycles. The van der Waals surface area contributed by atoms with E-state index in [-0.39, 0.29) is 5.91 Å². The molecule has 1 amide bonds. The summed E-state index contributed by atoms with van der Waals surface area (Å²) in [6, 6.07) is -0.410. The van der Waals surface area contributed by atoms with Crippen LogP contribution in [-0.2, 0) is 9.53 Å². The third-order valence-electron chi connectivity index (χ3n) is 2.57. The Hall–Kier alpha value is -0.610. The Morgan fingerprint density at radius 3 is 3.00 bits per heavy atom. The molecule has 0 aromatic carbocycles. The maximum absolute atomic E-state index is 11.2. The SMILES string of the molecule is CC1CC(CNC(=O)C(C)N)CCO1. The van der Waals surface area contributed by atoms with Crippen LogP contribution in [-0.4, -0.2) is 31.2 Å². The number of nitrogens with one attached hydrogen (secondary N) is 1. The van der Waals surface area contributed by atoms with Crippen LogP contribution in [0, 0.1) is 5.92 Å². The summed E-state index contributed by atoms with van der Waals surface area (Å²) in [5.41, 5.74) is 5.44. The number of nitrogens with two attached hydrogens (primary N) is 1. The van der Waals surface area contributed by atoms with Crippen LogP contribution in [0.1, 0.15) is 26.7 Å². The van der Waals surface area contributed by atoms with Crippen molar-refractivity contribution in [1.82, 2.24) is 5.32 Å². The average molecular weight is 200 g/mol. The lowest BCUT2D eigenvalue weighted by atomic mass is 9.96. The van der Waals surface area contributed by atoms with Gasteiger partial charge in [0.05, 0.1) is 12.1 Å². The van der Waals surface area contributed by atoms with E-state index in [1.165, 1.54) is 0 Å². The molecular weight excluding hydrogens is 180 g/mol. The van der Waals surface area contributed by atoms with E-state index in [9.17, 15) is 4.79 Å². The zero-order valence-corrected chi connectivity index (χ0v) is 8.95. The minimum absolute atomic E-state index is 0.0656. The molecule has 4 nitrogen and oxygen atoms in total. The fraction of sp³-hybridized carbons (Fsp3) is 0.900. The molecule has 1 aliphatic heterocycles. The fourth-order valence-electron chi connectivity index (χ4n) is 1.68. The largest absolute Gasteiger partial charge is 0.378 e. The lowest BCUT2D eigenvalue weighted by Crippen LogP contribution is -2.41. The zero-order valence-electron chi connectivity index (χ0n) is 8.95. The minimum atomic E-state index is -0.410. The Balaban J connectivity index is 2.20. The van der Waals surface area contributed by atoms with Gasteiger partial charge in [-0.3, -0.25) is 4.79 Å². The Kier molecular flexibility index (Phi) is 4.35. The molecule has 1 saturated heterocycles. The van der Waals surface area contributed by atoms with E-state index in [0.717, 1.165) is 26.0 Å². The van der Waals surface area contributed by atoms with Gasteiger partial charge < -0.3 is 15.8 Å². The molecule has 0 aromatic rings. The highest BCUT2D eigenvalue weighted by atomic mass is 16.5. The molecule has 0 radical (unpaired) electrons. The second-order valence-corrected chi connectivity index (χ2v) is 4.11. The van der Waals surface area contributed by atoms with Gasteiger partial charge in [0.15, 0.2) is 0 Å². The van der Waals surface area contributed by atoms with Crippen LogP contribution in [0.2, 0.25) is 0 Å². The molecule has 1 rings (SSSR count). The van der Waals surface area contributed by atoms with Crippen LogP contribution >= 0.6 is 0 Å². The Labute approximate surface area is 85.2 Å². The van der Waals surface area contributed by atoms with Crippen molar-refractivity contribution >= 4 is 5.91 Å². The second kappa shape index (κ2) is 5.32. The number of ether oxygens (including phenoxy) is 1. The molecular formula is C10H20N2O2. The maximum Gasteiger partial charge on any atom is 0.236 e. The van der Waals surface area contributed by atoms with Crippen LogP contribution in [0.3, 0.4) is 0 Å². The van der Waals surface area contributed by atoms with Gasteiger partial charge in [-0.15, -0.1) is 0 Å². The Morgan fingerprint density at radius 1 is 1.71 bits per heavy atom. The number of hydrogen-bond acceptors (Lipinski definition) is 3. The molecule has 1 heterocycles. The first-order valence-corrected chi connectivity index (χ1v) is 5.24. The smallest absolute Gasteiger partial charge is 0.236 e. The van der Waals surface area contributed by atoms with Crippen molar-refractivity contribution in [3.63, 3.8) is 0 Å². The lowest BCUT2D eigenvalue weighted by molar-refractivity contribution is -0.122. The van der Waals surface area contributed by atoms with Crippen molar-refractivity contribution in [3.8, 4) is 0 Å². The van der Waals surface area contributed by atoms with Gasteiger partial charge in [-0.05, 0) is 32.6 Å². The van der Waals surface area contributed by atoms with Gasteiger partial charge in [0, 0.05) is 13.2 Å². The van der Waals surface area contributed by atoms with Gasteiger partial charge in [0.25, 0.3) is 0 Å². The normalized spacial score (nSPS) is 29.6. The summed E-state index contributed by atoms with van der Waals surface area (Å²) < 4.78 is 5.42. The van der Waals surface area contributed by atoms with Gasteiger partial charge in [0.1, 0.15) is 0 Å². The topological polar surface area (TPSA) is 64.4 Å². The van der Waals surface area contributed by atoms with Crippen LogP contribution in [0.5, 0.6) is 0 Å². The molecule has 3 unspecified atom stereocenters. The van der Waals surface area contributed by atoms with E-state index >= 15 is 0 Å². The number of rotatable bonds is 3. The summed E-state index contributed by atoms with van der Waals surface area (Å²) in [7, 11) is 0. The molecule has 3 atom stereocenters. The maximum atomic E-state index is 11.2. The van der Waals surface area contributed by atoms with E-state index in [1.807, 2.05) is 0 Å². The molecule has 0 aromatic heterocycles. The zero-order chi connectivity index (χ0) is 10.6. The van der Waals surface area contributed by atoms with E-state index in [1.54, 1.807) is 6.92 Å². The molecule has 82 valence electrons. The quantitative estimate of drug-likeness (QED) is 0.687. The Bertz CT molecular complexity index is 195. The predicted molar refractivity (Wildman–Crippen MR) is 54.8 cm³/mol. The first-order valence-electron chi connectivity index (χ1n) is 5.24. The molecule has 14 heavy (non-hydrogen) atoms. The van der Waals surface area contributed by atoms with Crippen LogP contribution in [0.25, 0.3) is 0 Å². The summed E-state index contributed by atoms with van der Waals surface area (Å²) in [5.74, 6) is 0.477. The average Bonchev–Trinajstić information content (AvgIpc) is 2.14. The molecule has 3 N–H and O–H groups in total. The van der Waals surface area contributed by atoms with Gasteiger partial charge in [-0.25, -0.2) is 0 Å². The monoisotopic (exact) mass is 200 g/mol. The minimum Gasteiger partial charge on any atom is -0.378 e. The van der Waals surface area contributed by atoms with Gasteiger partial charge >= 0.3 is 0 Å². The molecule has 1 aliphatic rings. The van der Waals surface area contributed by atoms with E-state index < -0.39 is 6.04 Å². The van der Waals surface area contributed by atoms with E-state index in [4.69, 9.17) is 10.5 Å². The summed E-state index contributed by atoms with van der Waals surface area (Å²) in [6.07, 6.45) is 2.38. The number of hydrogen-bond donors (Lipinski definition) is 2. The molecule has 0 bridgehead atoms. The number of amides is 1. The van der Waals surface area contributed by atoms with Crippen molar-refractivity contribution in [1.29, 1.82) is 0 Å². The summed E-state index contributed by atoms with van der Waals surface area (Å²) in [5, 5.41) is 2.85. The van der Waals surface area contributed by atoms with Gasteiger partial charge in [0.2, 0.25) is 5.91 Å². The summed E-state index contributed by atoms with van der Waals surface area (Å²) in [4.78, 5) is 11.2. The predicted octanol–water partition coefficient (Wildman–Crippen LogP) is 0.265.